The predicted molar refractivity (Wildman–Crippen MR) is 114 cm³/mol. The van der Waals surface area contributed by atoms with Crippen LogP contribution in [0.4, 0.5) is 16.3 Å². The minimum Gasteiger partial charge on any atom is -0.490 e. The van der Waals surface area contributed by atoms with Crippen LogP contribution in [0.15, 0.2) is 42.6 Å². The lowest BCUT2D eigenvalue weighted by Crippen LogP contribution is -2.33. The SMILES string of the molecule is CCN(CC)CCOc1ccccc1NC(=O)NCCNc1ncccc1C#N. The maximum Gasteiger partial charge on any atom is 0.319 e. The average Bonchev–Trinajstić information content (AvgIpc) is 2.75. The van der Waals surface area contributed by atoms with Crippen LogP contribution in [0.3, 0.4) is 0 Å². The maximum atomic E-state index is 12.2. The van der Waals surface area contributed by atoms with Gasteiger partial charge in [-0.2, -0.15) is 5.26 Å². The molecule has 0 saturated heterocycles. The molecule has 8 heteroatoms. The van der Waals surface area contributed by atoms with Crippen molar-refractivity contribution in [3.63, 3.8) is 0 Å². The van der Waals surface area contributed by atoms with Gasteiger partial charge in [0.05, 0.1) is 11.3 Å². The van der Waals surface area contributed by atoms with Crippen LogP contribution in [0.2, 0.25) is 0 Å². The molecule has 0 radical (unpaired) electrons. The molecule has 8 nitrogen and oxygen atoms in total. The largest absolute Gasteiger partial charge is 0.490 e. The van der Waals surface area contributed by atoms with E-state index >= 15 is 0 Å². The summed E-state index contributed by atoms with van der Waals surface area (Å²) in [6.07, 6.45) is 1.61. The zero-order valence-corrected chi connectivity index (χ0v) is 16.9. The van der Waals surface area contributed by atoms with E-state index in [1.54, 1.807) is 24.4 Å². The first kappa shape index (κ1) is 22.0. The Morgan fingerprint density at radius 1 is 1.17 bits per heavy atom. The summed E-state index contributed by atoms with van der Waals surface area (Å²) in [5.41, 5.74) is 1.08. The van der Waals surface area contributed by atoms with Crippen LogP contribution in [0.5, 0.6) is 5.75 Å². The standard InChI is InChI=1S/C21H28N6O2/c1-3-27(4-2)14-15-29-19-10-6-5-9-18(19)26-21(28)25-13-12-24-20-17(16-22)8-7-11-23-20/h5-11H,3-4,12-15H2,1-2H3,(H,23,24)(H2,25,26,28). The molecule has 0 bridgehead atoms. The van der Waals surface area contributed by atoms with Gasteiger partial charge in [-0.1, -0.05) is 26.0 Å². The quantitative estimate of drug-likeness (QED) is 0.505. The van der Waals surface area contributed by atoms with Gasteiger partial charge in [0.1, 0.15) is 24.2 Å². The topological polar surface area (TPSA) is 102 Å². The second kappa shape index (κ2) is 12.2. The number of nitriles is 1. The lowest BCUT2D eigenvalue weighted by molar-refractivity contribution is 0.223. The Labute approximate surface area is 171 Å². The highest BCUT2D eigenvalue weighted by molar-refractivity contribution is 5.90. The number of carbonyl (C=O) groups is 1. The number of likely N-dealkylation sites (N-methyl/N-ethyl adjacent to an activating group) is 1. The Bertz CT molecular complexity index is 817. The summed E-state index contributed by atoms with van der Waals surface area (Å²) in [4.78, 5) is 18.6. The van der Waals surface area contributed by atoms with E-state index in [2.05, 4.69) is 45.8 Å². The van der Waals surface area contributed by atoms with Crippen LogP contribution in [-0.4, -0.2) is 55.2 Å². The van der Waals surface area contributed by atoms with Gasteiger partial charge in [-0.25, -0.2) is 9.78 Å². The van der Waals surface area contributed by atoms with E-state index in [9.17, 15) is 4.79 Å². The van der Waals surface area contributed by atoms with E-state index in [0.29, 0.717) is 42.5 Å². The van der Waals surface area contributed by atoms with Gasteiger partial charge in [-0.3, -0.25) is 0 Å². The number of carbonyl (C=O) groups excluding carboxylic acids is 1. The van der Waals surface area contributed by atoms with E-state index in [0.717, 1.165) is 19.6 Å². The second-order valence-corrected chi connectivity index (χ2v) is 6.19. The number of urea groups is 1. The number of para-hydroxylation sites is 2. The summed E-state index contributed by atoms with van der Waals surface area (Å²) < 4.78 is 5.85. The maximum absolute atomic E-state index is 12.2. The van der Waals surface area contributed by atoms with Crippen molar-refractivity contribution >= 4 is 17.5 Å². The number of anilines is 2. The smallest absolute Gasteiger partial charge is 0.319 e. The van der Waals surface area contributed by atoms with Crippen LogP contribution < -0.4 is 20.7 Å². The molecular formula is C21H28N6O2. The summed E-state index contributed by atoms with van der Waals surface area (Å²) in [5, 5.41) is 17.7. The fourth-order valence-corrected chi connectivity index (χ4v) is 2.68. The van der Waals surface area contributed by atoms with Gasteiger partial charge < -0.3 is 25.6 Å². The lowest BCUT2D eigenvalue weighted by Gasteiger charge is -2.19. The first-order chi connectivity index (χ1) is 14.2. The molecule has 0 aliphatic heterocycles. The Morgan fingerprint density at radius 3 is 2.72 bits per heavy atom. The third-order valence-corrected chi connectivity index (χ3v) is 4.33. The van der Waals surface area contributed by atoms with Crippen molar-refractivity contribution in [1.82, 2.24) is 15.2 Å². The van der Waals surface area contributed by atoms with Crippen molar-refractivity contribution in [2.75, 3.05) is 50.0 Å². The molecule has 0 fully saturated rings. The zero-order chi connectivity index (χ0) is 20.9. The molecule has 0 saturated carbocycles. The molecule has 1 aromatic carbocycles. The van der Waals surface area contributed by atoms with Gasteiger partial charge in [0.2, 0.25) is 0 Å². The first-order valence-electron chi connectivity index (χ1n) is 9.76. The van der Waals surface area contributed by atoms with Crippen LogP contribution in [0.1, 0.15) is 19.4 Å². The predicted octanol–water partition coefficient (Wildman–Crippen LogP) is 2.91. The summed E-state index contributed by atoms with van der Waals surface area (Å²) >= 11 is 0. The van der Waals surface area contributed by atoms with Gasteiger partial charge in [0.25, 0.3) is 0 Å². The van der Waals surface area contributed by atoms with Crippen molar-refractivity contribution in [2.45, 2.75) is 13.8 Å². The number of rotatable bonds is 11. The van der Waals surface area contributed by atoms with Gasteiger partial charge >= 0.3 is 6.03 Å². The fraction of sp³-hybridized carbons (Fsp3) is 0.381. The molecule has 154 valence electrons. The molecule has 0 aliphatic carbocycles. The third kappa shape index (κ3) is 7.31. The monoisotopic (exact) mass is 396 g/mol. The van der Waals surface area contributed by atoms with Gasteiger partial charge in [-0.05, 0) is 37.4 Å². The van der Waals surface area contributed by atoms with Crippen molar-refractivity contribution in [1.29, 1.82) is 5.26 Å². The fourth-order valence-electron chi connectivity index (χ4n) is 2.68. The van der Waals surface area contributed by atoms with Crippen molar-refractivity contribution in [2.24, 2.45) is 0 Å². The van der Waals surface area contributed by atoms with E-state index in [1.807, 2.05) is 18.2 Å². The van der Waals surface area contributed by atoms with E-state index < -0.39 is 0 Å². The van der Waals surface area contributed by atoms with Crippen LogP contribution in [0, 0.1) is 11.3 Å². The van der Waals surface area contributed by atoms with Crippen molar-refractivity contribution in [3.05, 3.63) is 48.2 Å². The molecule has 0 atom stereocenters. The Kier molecular flexibility index (Phi) is 9.25. The number of aromatic nitrogens is 1. The van der Waals surface area contributed by atoms with E-state index in [1.165, 1.54) is 0 Å². The van der Waals surface area contributed by atoms with Crippen LogP contribution in [0.25, 0.3) is 0 Å². The molecular weight excluding hydrogens is 368 g/mol. The first-order valence-corrected chi connectivity index (χ1v) is 9.76. The molecule has 29 heavy (non-hydrogen) atoms. The van der Waals surface area contributed by atoms with Gasteiger partial charge in [0, 0.05) is 25.8 Å². The Morgan fingerprint density at radius 2 is 1.97 bits per heavy atom. The summed E-state index contributed by atoms with van der Waals surface area (Å²) in [6, 6.07) is 12.5. The minimum atomic E-state index is -0.326. The number of nitrogens with one attached hydrogen (secondary N) is 3. The third-order valence-electron chi connectivity index (χ3n) is 4.33. The molecule has 2 amide bonds. The number of pyridine rings is 1. The highest BCUT2D eigenvalue weighted by Gasteiger charge is 2.08. The minimum absolute atomic E-state index is 0.326. The van der Waals surface area contributed by atoms with Crippen molar-refractivity contribution in [3.8, 4) is 11.8 Å². The number of ether oxygens (including phenoxy) is 1. The molecule has 0 aliphatic rings. The molecule has 0 unspecified atom stereocenters. The number of amides is 2. The summed E-state index contributed by atoms with van der Waals surface area (Å²) in [7, 11) is 0. The van der Waals surface area contributed by atoms with Gasteiger partial charge in [0.15, 0.2) is 0 Å². The van der Waals surface area contributed by atoms with Crippen molar-refractivity contribution < 1.29 is 9.53 Å². The molecule has 2 rings (SSSR count). The second-order valence-electron chi connectivity index (χ2n) is 6.19. The number of nitrogens with zero attached hydrogens (tertiary/aromatic N) is 3. The molecule has 1 aromatic heterocycles. The number of benzene rings is 1. The molecule has 1 heterocycles. The highest BCUT2D eigenvalue weighted by Crippen LogP contribution is 2.23. The van der Waals surface area contributed by atoms with E-state index in [-0.39, 0.29) is 6.03 Å². The van der Waals surface area contributed by atoms with Crippen LogP contribution in [-0.2, 0) is 0 Å². The summed E-state index contributed by atoms with van der Waals surface area (Å²) in [6.45, 7) is 8.39. The van der Waals surface area contributed by atoms with Gasteiger partial charge in [-0.15, -0.1) is 0 Å². The Balaban J connectivity index is 1.78. The zero-order valence-electron chi connectivity index (χ0n) is 16.9. The number of hydrogen-bond acceptors (Lipinski definition) is 6. The van der Waals surface area contributed by atoms with Crippen LogP contribution >= 0.6 is 0 Å². The lowest BCUT2D eigenvalue weighted by atomic mass is 10.3. The summed E-state index contributed by atoms with van der Waals surface area (Å²) in [5.74, 6) is 1.14. The van der Waals surface area contributed by atoms with E-state index in [4.69, 9.17) is 10.00 Å². The Hall–Kier alpha value is -3.31. The number of hydrogen-bond donors (Lipinski definition) is 3. The average molecular weight is 396 g/mol. The highest BCUT2D eigenvalue weighted by atomic mass is 16.5. The normalized spacial score (nSPS) is 10.3. The molecule has 2 aromatic rings. The molecule has 0 spiro atoms. The molecule has 3 N–H and O–H groups in total.